The maximum atomic E-state index is 5.77. The van der Waals surface area contributed by atoms with Gasteiger partial charge >= 0.3 is 0 Å². The molecule has 84 valence electrons. The molecule has 0 saturated carbocycles. The van der Waals surface area contributed by atoms with Crippen LogP contribution in [-0.2, 0) is 7.05 Å². The summed E-state index contributed by atoms with van der Waals surface area (Å²) in [6.45, 7) is 0. The summed E-state index contributed by atoms with van der Waals surface area (Å²) in [4.78, 5) is 4.63. The largest absolute Gasteiger partial charge is 0.399 e. The van der Waals surface area contributed by atoms with Crippen molar-refractivity contribution in [1.82, 2.24) is 9.55 Å². The monoisotopic (exact) mass is 223 g/mol. The van der Waals surface area contributed by atoms with Gasteiger partial charge in [0, 0.05) is 18.3 Å². The van der Waals surface area contributed by atoms with E-state index in [-0.39, 0.29) is 0 Å². The van der Waals surface area contributed by atoms with E-state index in [1.54, 1.807) is 0 Å². The summed E-state index contributed by atoms with van der Waals surface area (Å²) in [5.74, 6) is 0.964. The molecule has 3 nitrogen and oxygen atoms in total. The molecule has 0 saturated heterocycles. The van der Waals surface area contributed by atoms with Gasteiger partial charge in [-0.25, -0.2) is 4.98 Å². The zero-order valence-corrected chi connectivity index (χ0v) is 9.59. The second-order valence-electron chi connectivity index (χ2n) is 4.11. The van der Waals surface area contributed by atoms with E-state index in [0.717, 1.165) is 28.1 Å². The zero-order chi connectivity index (χ0) is 11.8. The second-order valence-corrected chi connectivity index (χ2v) is 4.11. The number of anilines is 1. The minimum Gasteiger partial charge on any atom is -0.399 e. The summed E-state index contributed by atoms with van der Waals surface area (Å²) >= 11 is 0. The van der Waals surface area contributed by atoms with Crippen LogP contribution in [0.2, 0.25) is 0 Å². The average molecular weight is 223 g/mol. The molecule has 0 spiro atoms. The minimum absolute atomic E-state index is 0.746. The van der Waals surface area contributed by atoms with Gasteiger partial charge in [0.15, 0.2) is 0 Å². The van der Waals surface area contributed by atoms with Gasteiger partial charge in [-0.3, -0.25) is 0 Å². The Hall–Kier alpha value is -2.29. The zero-order valence-electron chi connectivity index (χ0n) is 9.59. The highest BCUT2D eigenvalue weighted by atomic mass is 15.1. The Morgan fingerprint density at radius 1 is 1.06 bits per heavy atom. The van der Waals surface area contributed by atoms with Crippen molar-refractivity contribution in [3.05, 3.63) is 48.5 Å². The van der Waals surface area contributed by atoms with Crippen molar-refractivity contribution in [2.45, 2.75) is 0 Å². The lowest BCUT2D eigenvalue weighted by atomic mass is 10.2. The van der Waals surface area contributed by atoms with Crippen molar-refractivity contribution >= 4 is 16.7 Å². The van der Waals surface area contributed by atoms with Gasteiger partial charge in [-0.1, -0.05) is 30.3 Å². The molecule has 3 aromatic rings. The summed E-state index contributed by atoms with van der Waals surface area (Å²) in [5, 5.41) is 0. The number of aromatic nitrogens is 2. The first kappa shape index (κ1) is 9.90. The van der Waals surface area contributed by atoms with Crippen LogP contribution in [0.25, 0.3) is 22.4 Å². The van der Waals surface area contributed by atoms with Gasteiger partial charge in [-0.05, 0) is 18.2 Å². The van der Waals surface area contributed by atoms with Gasteiger partial charge in [0.25, 0.3) is 0 Å². The standard InChI is InChI=1S/C14H13N3/c1-17-13-8-7-11(15)9-12(13)16-14(17)10-5-3-2-4-6-10/h2-9H,15H2,1H3. The average Bonchev–Trinajstić information content (AvgIpc) is 2.67. The van der Waals surface area contributed by atoms with E-state index in [9.17, 15) is 0 Å². The highest BCUT2D eigenvalue weighted by Crippen LogP contribution is 2.24. The lowest BCUT2D eigenvalue weighted by Crippen LogP contribution is -1.91. The van der Waals surface area contributed by atoms with Crippen LogP contribution in [0.5, 0.6) is 0 Å². The smallest absolute Gasteiger partial charge is 0.140 e. The number of fused-ring (bicyclic) bond motifs is 1. The highest BCUT2D eigenvalue weighted by molar-refractivity contribution is 5.83. The Morgan fingerprint density at radius 3 is 2.59 bits per heavy atom. The molecule has 0 radical (unpaired) electrons. The molecule has 0 bridgehead atoms. The van der Waals surface area contributed by atoms with Crippen molar-refractivity contribution in [2.75, 3.05) is 5.73 Å². The first-order chi connectivity index (χ1) is 8.25. The molecule has 0 unspecified atom stereocenters. The van der Waals surface area contributed by atoms with Crippen LogP contribution in [0.3, 0.4) is 0 Å². The number of nitrogens with two attached hydrogens (primary N) is 1. The lowest BCUT2D eigenvalue weighted by Gasteiger charge is -2.01. The highest BCUT2D eigenvalue weighted by Gasteiger charge is 2.08. The molecule has 3 heteroatoms. The first-order valence-corrected chi connectivity index (χ1v) is 5.53. The topological polar surface area (TPSA) is 43.8 Å². The number of rotatable bonds is 1. The van der Waals surface area contributed by atoms with Gasteiger partial charge in [0.2, 0.25) is 0 Å². The fourth-order valence-corrected chi connectivity index (χ4v) is 2.06. The van der Waals surface area contributed by atoms with Gasteiger partial charge < -0.3 is 10.3 Å². The quantitative estimate of drug-likeness (QED) is 0.645. The number of imidazole rings is 1. The molecule has 1 aromatic heterocycles. The molecule has 1 heterocycles. The minimum atomic E-state index is 0.746. The molecular weight excluding hydrogens is 210 g/mol. The third kappa shape index (κ3) is 1.56. The van der Waals surface area contributed by atoms with Crippen LogP contribution in [-0.4, -0.2) is 9.55 Å². The van der Waals surface area contributed by atoms with E-state index >= 15 is 0 Å². The van der Waals surface area contributed by atoms with Crippen molar-refractivity contribution in [2.24, 2.45) is 7.05 Å². The normalized spacial score (nSPS) is 10.9. The van der Waals surface area contributed by atoms with E-state index in [4.69, 9.17) is 5.73 Å². The fraction of sp³-hybridized carbons (Fsp3) is 0.0714. The van der Waals surface area contributed by atoms with E-state index < -0.39 is 0 Å². The number of nitrogens with zero attached hydrogens (tertiary/aromatic N) is 2. The van der Waals surface area contributed by atoms with Gasteiger partial charge in [0.1, 0.15) is 5.82 Å². The molecule has 0 amide bonds. The van der Waals surface area contributed by atoms with Gasteiger partial charge in [-0.2, -0.15) is 0 Å². The number of hydrogen-bond acceptors (Lipinski definition) is 2. The predicted molar refractivity (Wildman–Crippen MR) is 70.6 cm³/mol. The van der Waals surface area contributed by atoms with Crippen LogP contribution in [0.15, 0.2) is 48.5 Å². The Labute approximate surface area is 99.5 Å². The van der Waals surface area contributed by atoms with Gasteiger partial charge in [0.05, 0.1) is 11.0 Å². The molecule has 0 aliphatic rings. The summed E-state index contributed by atoms with van der Waals surface area (Å²) < 4.78 is 2.09. The number of aryl methyl sites for hydroxylation is 1. The van der Waals surface area contributed by atoms with Crippen molar-refractivity contribution < 1.29 is 0 Å². The van der Waals surface area contributed by atoms with Crippen molar-refractivity contribution in [3.63, 3.8) is 0 Å². The summed E-state index contributed by atoms with van der Waals surface area (Å²) in [5.41, 5.74) is 9.67. The second kappa shape index (κ2) is 3.63. The summed E-state index contributed by atoms with van der Waals surface area (Å²) in [6, 6.07) is 16.0. The summed E-state index contributed by atoms with van der Waals surface area (Å²) in [6.07, 6.45) is 0. The van der Waals surface area contributed by atoms with Crippen LogP contribution in [0.4, 0.5) is 5.69 Å². The Bertz CT molecular complexity index is 669. The number of benzene rings is 2. The Morgan fingerprint density at radius 2 is 1.82 bits per heavy atom. The lowest BCUT2D eigenvalue weighted by molar-refractivity contribution is 0.959. The van der Waals surface area contributed by atoms with Crippen LogP contribution in [0, 0.1) is 0 Å². The molecule has 2 aromatic carbocycles. The van der Waals surface area contributed by atoms with Crippen molar-refractivity contribution in [3.8, 4) is 11.4 Å². The maximum Gasteiger partial charge on any atom is 0.140 e. The predicted octanol–water partition coefficient (Wildman–Crippen LogP) is 2.82. The SMILES string of the molecule is Cn1c(-c2ccccc2)nc2cc(N)ccc21. The van der Waals surface area contributed by atoms with Crippen LogP contribution >= 0.6 is 0 Å². The molecule has 3 rings (SSSR count). The first-order valence-electron chi connectivity index (χ1n) is 5.53. The molecule has 17 heavy (non-hydrogen) atoms. The van der Waals surface area contributed by atoms with E-state index in [0.29, 0.717) is 0 Å². The van der Waals surface area contributed by atoms with Crippen LogP contribution < -0.4 is 5.73 Å². The maximum absolute atomic E-state index is 5.77. The Balaban J connectivity index is 2.28. The molecular formula is C14H13N3. The third-order valence-electron chi connectivity index (χ3n) is 2.94. The van der Waals surface area contributed by atoms with Gasteiger partial charge in [-0.15, -0.1) is 0 Å². The van der Waals surface area contributed by atoms with Crippen molar-refractivity contribution in [1.29, 1.82) is 0 Å². The van der Waals surface area contributed by atoms with E-state index in [1.165, 1.54) is 0 Å². The number of hydrogen-bond donors (Lipinski definition) is 1. The van der Waals surface area contributed by atoms with E-state index in [1.807, 2.05) is 43.4 Å². The summed E-state index contributed by atoms with van der Waals surface area (Å²) in [7, 11) is 2.02. The Kier molecular flexibility index (Phi) is 2.11. The van der Waals surface area contributed by atoms with E-state index in [2.05, 4.69) is 21.7 Å². The molecule has 0 aliphatic heterocycles. The molecule has 2 N–H and O–H groups in total. The molecule has 0 aliphatic carbocycles. The third-order valence-corrected chi connectivity index (χ3v) is 2.94. The van der Waals surface area contributed by atoms with Crippen LogP contribution in [0.1, 0.15) is 0 Å². The molecule has 0 fully saturated rings. The number of nitrogen functional groups attached to an aromatic ring is 1. The fourth-order valence-electron chi connectivity index (χ4n) is 2.06. The molecule has 0 atom stereocenters.